The van der Waals surface area contributed by atoms with Crippen molar-refractivity contribution >= 4 is 63.6 Å². The lowest BCUT2D eigenvalue weighted by Gasteiger charge is -2.26. The van der Waals surface area contributed by atoms with Crippen LogP contribution in [0.5, 0.6) is 5.75 Å². The lowest BCUT2D eigenvalue weighted by molar-refractivity contribution is -0.385. The van der Waals surface area contributed by atoms with Crippen molar-refractivity contribution in [1.29, 1.82) is 0 Å². The number of aliphatic carboxylic acids is 1. The highest BCUT2D eigenvalue weighted by atomic mass is 32.2. The van der Waals surface area contributed by atoms with Crippen molar-refractivity contribution in [1.82, 2.24) is 45.6 Å². The molecule has 0 unspecified atom stereocenters. The number of hydrogen-bond donors (Lipinski definition) is 3. The Bertz CT molecular complexity index is 2600. The van der Waals surface area contributed by atoms with Crippen molar-refractivity contribution in [2.45, 2.75) is 44.6 Å². The first kappa shape index (κ1) is 47.9. The number of nitro benzene ring substituents is 1. The summed E-state index contributed by atoms with van der Waals surface area (Å²) >= 11 is 1.54. The van der Waals surface area contributed by atoms with Crippen molar-refractivity contribution in [2.75, 3.05) is 5.75 Å². The molecule has 0 aliphatic heterocycles. The molecule has 0 bridgehead atoms. The van der Waals surface area contributed by atoms with Gasteiger partial charge in [0.05, 0.1) is 35.5 Å². The number of benzene rings is 4. The van der Waals surface area contributed by atoms with Gasteiger partial charge < -0.3 is 24.4 Å². The fourth-order valence-corrected chi connectivity index (χ4v) is 6.62. The molecule has 22 nitrogen and oxygen atoms in total. The zero-order chi connectivity index (χ0) is 46.7. The first-order valence-electron chi connectivity index (χ1n) is 19.0. The molecule has 2 heterocycles. The zero-order valence-corrected chi connectivity index (χ0v) is 35.9. The summed E-state index contributed by atoms with van der Waals surface area (Å²) in [6, 6.07) is 29.4. The number of nitrogens with one attached hydrogen (secondary N) is 2. The standard InChI is InChI=1S/C25H23N7O5S.C16H15N3O7S/c1-17(2)30(25(34)38-24-26-28-29-31(24)20-11-7-4-8-12-20)16-19-15-21(32(35)36)13-14-22(19)37-27-23(33)18-9-5-3-6-10-18;20-13(21)6-7-27-16(24)25-9-12-8-17-10-19(12)15(23)26-18-14(22)11-4-2-1-3-5-11/h3-15,17H,16H2,1-2H3,(H,27,33);1-5,8,10H,6-7,9H2,(H,18,22)(H,20,21). The van der Waals surface area contributed by atoms with Crippen molar-refractivity contribution in [3.63, 3.8) is 0 Å². The minimum atomic E-state index is -1.02. The topological polar surface area (TPSA) is 282 Å². The van der Waals surface area contributed by atoms with Crippen LogP contribution in [0.2, 0.25) is 0 Å². The number of amides is 3. The summed E-state index contributed by atoms with van der Waals surface area (Å²) in [6.07, 6.45) is 1.31. The highest BCUT2D eigenvalue weighted by Gasteiger charge is 2.25. The SMILES string of the molecule is CC(C)N(Cc1cc([N+](=O)[O-])ccc1ONC(=O)c1ccccc1)C(=O)Sc1nnnn1-c1ccccc1.O=C(O)CCSC(=O)OCc1cncn1C(=O)ONC(=O)c1ccccc1. The van der Waals surface area contributed by atoms with E-state index in [1.54, 1.807) is 60.7 Å². The molecule has 336 valence electrons. The number of rotatable bonds is 15. The van der Waals surface area contributed by atoms with E-state index in [0.29, 0.717) is 34.1 Å². The summed E-state index contributed by atoms with van der Waals surface area (Å²) < 4.78 is 7.33. The first-order valence-corrected chi connectivity index (χ1v) is 20.8. The summed E-state index contributed by atoms with van der Waals surface area (Å²) in [4.78, 5) is 98.0. The molecule has 0 saturated carbocycles. The van der Waals surface area contributed by atoms with E-state index in [1.807, 2.05) is 49.7 Å². The van der Waals surface area contributed by atoms with Crippen molar-refractivity contribution in [3.8, 4) is 11.4 Å². The number of ether oxygens (including phenoxy) is 1. The Morgan fingerprint density at radius 2 is 1.51 bits per heavy atom. The second-order valence-electron chi connectivity index (χ2n) is 13.2. The van der Waals surface area contributed by atoms with Gasteiger partial charge >= 0.3 is 17.4 Å². The van der Waals surface area contributed by atoms with Crippen LogP contribution in [-0.2, 0) is 27.5 Å². The maximum atomic E-state index is 13.4. The number of para-hydroxylation sites is 1. The summed E-state index contributed by atoms with van der Waals surface area (Å²) in [5.74, 6) is -1.88. The summed E-state index contributed by atoms with van der Waals surface area (Å²) in [5, 5.41) is 30.8. The van der Waals surface area contributed by atoms with Gasteiger partial charge in [-0.1, -0.05) is 54.6 Å². The van der Waals surface area contributed by atoms with E-state index in [2.05, 4.69) is 26.0 Å². The Kier molecular flexibility index (Phi) is 17.6. The van der Waals surface area contributed by atoms with Crippen LogP contribution >= 0.6 is 23.5 Å². The Hall–Kier alpha value is -8.12. The normalized spacial score (nSPS) is 10.4. The van der Waals surface area contributed by atoms with Crippen LogP contribution < -0.4 is 15.8 Å². The van der Waals surface area contributed by atoms with Crippen LogP contribution in [0.25, 0.3) is 5.69 Å². The molecule has 2 aromatic heterocycles. The number of thioether (sulfide) groups is 2. The van der Waals surface area contributed by atoms with Crippen LogP contribution in [0, 0.1) is 10.1 Å². The lowest BCUT2D eigenvalue weighted by atomic mass is 10.1. The third-order valence-electron chi connectivity index (χ3n) is 8.42. The molecule has 6 aromatic rings. The van der Waals surface area contributed by atoms with Gasteiger partial charge in [0, 0.05) is 52.4 Å². The second kappa shape index (κ2) is 23.9. The van der Waals surface area contributed by atoms with E-state index in [-0.39, 0.29) is 58.9 Å². The minimum Gasteiger partial charge on any atom is -0.481 e. The average Bonchev–Trinajstić information content (AvgIpc) is 3.99. The third-order valence-corrected chi connectivity index (χ3v) is 10.0. The monoisotopic (exact) mass is 926 g/mol. The van der Waals surface area contributed by atoms with E-state index in [9.17, 15) is 38.9 Å². The van der Waals surface area contributed by atoms with E-state index in [4.69, 9.17) is 19.5 Å². The van der Waals surface area contributed by atoms with E-state index in [1.165, 1.54) is 34.0 Å². The number of tetrazole rings is 1. The highest BCUT2D eigenvalue weighted by Crippen LogP contribution is 2.29. The number of nitro groups is 1. The van der Waals surface area contributed by atoms with Crippen molar-refractivity contribution in [3.05, 3.63) is 154 Å². The van der Waals surface area contributed by atoms with E-state index < -0.39 is 34.1 Å². The van der Waals surface area contributed by atoms with Crippen LogP contribution in [-0.4, -0.2) is 90.9 Å². The summed E-state index contributed by atoms with van der Waals surface area (Å²) in [6.45, 7) is 3.32. The zero-order valence-electron chi connectivity index (χ0n) is 34.3. The molecule has 24 heteroatoms. The molecule has 0 radical (unpaired) electrons. The number of aromatic nitrogens is 6. The highest BCUT2D eigenvalue weighted by molar-refractivity contribution is 8.13. The molecule has 4 aromatic carbocycles. The average molecular weight is 927 g/mol. The molecule has 0 saturated heterocycles. The second-order valence-corrected chi connectivity index (χ2v) is 15.1. The lowest BCUT2D eigenvalue weighted by Crippen LogP contribution is -2.34. The van der Waals surface area contributed by atoms with Gasteiger partial charge in [-0.3, -0.25) is 29.3 Å². The number of carboxylic acids is 1. The van der Waals surface area contributed by atoms with Gasteiger partial charge in [0.25, 0.3) is 22.7 Å². The first-order chi connectivity index (χ1) is 31.3. The molecular weight excluding hydrogens is 889 g/mol. The molecule has 3 N–H and O–H groups in total. The van der Waals surface area contributed by atoms with Crippen molar-refractivity contribution in [2.24, 2.45) is 0 Å². The van der Waals surface area contributed by atoms with Gasteiger partial charge in [-0.25, -0.2) is 19.1 Å². The number of non-ortho nitro benzene ring substituents is 1. The maximum Gasteiger partial charge on any atom is 0.444 e. The molecule has 6 rings (SSSR count). The third kappa shape index (κ3) is 14.5. The Labute approximate surface area is 377 Å². The number of hydrogen-bond acceptors (Lipinski definition) is 17. The van der Waals surface area contributed by atoms with E-state index in [0.717, 1.165) is 22.7 Å². The van der Waals surface area contributed by atoms with Crippen LogP contribution in [0.3, 0.4) is 0 Å². The molecule has 0 spiro atoms. The molecule has 3 amide bonds. The fourth-order valence-electron chi connectivity index (χ4n) is 5.18. The van der Waals surface area contributed by atoms with Gasteiger partial charge in [-0.2, -0.15) is 15.6 Å². The molecule has 65 heavy (non-hydrogen) atoms. The predicted molar refractivity (Wildman–Crippen MR) is 232 cm³/mol. The van der Waals surface area contributed by atoms with Crippen LogP contribution in [0.1, 0.15) is 52.2 Å². The molecule has 0 aliphatic carbocycles. The van der Waals surface area contributed by atoms with Crippen LogP contribution in [0.15, 0.2) is 127 Å². The number of carbonyl (C=O) groups excluding carboxylic acids is 5. The predicted octanol–water partition coefficient (Wildman–Crippen LogP) is 6.47. The molecule has 0 atom stereocenters. The number of carboxylic acid groups (broad SMARTS) is 1. The number of imidazole rings is 1. The minimum absolute atomic E-state index is 0.0331. The summed E-state index contributed by atoms with van der Waals surface area (Å²) in [7, 11) is 0. The number of hydroxylamine groups is 2. The van der Waals surface area contributed by atoms with E-state index >= 15 is 0 Å². The smallest absolute Gasteiger partial charge is 0.444 e. The van der Waals surface area contributed by atoms with Gasteiger partial charge in [-0.05, 0) is 78.5 Å². The molecular formula is C41H38N10O12S2. The van der Waals surface area contributed by atoms with Crippen LogP contribution in [0.4, 0.5) is 20.1 Å². The van der Waals surface area contributed by atoms with Gasteiger partial charge in [0.2, 0.25) is 5.16 Å². The quantitative estimate of drug-likeness (QED) is 0.0430. The maximum absolute atomic E-state index is 13.4. The number of carbonyl (C=O) groups is 6. The largest absolute Gasteiger partial charge is 0.481 e. The molecule has 0 fully saturated rings. The fraction of sp³-hybridized carbons (Fsp3) is 0.171. The van der Waals surface area contributed by atoms with Gasteiger partial charge in [0.1, 0.15) is 12.9 Å². The van der Waals surface area contributed by atoms with Gasteiger partial charge in [-0.15, -0.1) is 5.10 Å². The Balaban J connectivity index is 0.000000259. The van der Waals surface area contributed by atoms with Gasteiger partial charge in [0.15, 0.2) is 5.75 Å². The van der Waals surface area contributed by atoms with Crippen molar-refractivity contribution < 1.29 is 53.2 Å². The number of nitrogens with zero attached hydrogens (tertiary/aromatic N) is 8. The molecule has 0 aliphatic rings. The Morgan fingerprint density at radius 3 is 2.12 bits per heavy atom. The Morgan fingerprint density at radius 1 is 0.877 bits per heavy atom. The summed E-state index contributed by atoms with van der Waals surface area (Å²) in [5.41, 5.74) is 6.10.